The van der Waals surface area contributed by atoms with Gasteiger partial charge in [-0.2, -0.15) is 0 Å². The van der Waals surface area contributed by atoms with E-state index in [9.17, 15) is 13.5 Å². The van der Waals surface area contributed by atoms with Crippen molar-refractivity contribution in [1.82, 2.24) is 4.72 Å². The molecule has 2 aliphatic carbocycles. The first-order valence-corrected chi connectivity index (χ1v) is 9.55. The molecule has 2 bridgehead atoms. The molecule has 126 valence electrons. The van der Waals surface area contributed by atoms with Crippen LogP contribution in [-0.4, -0.2) is 25.7 Å². The summed E-state index contributed by atoms with van der Waals surface area (Å²) in [6, 6.07) is 6.18. The van der Waals surface area contributed by atoms with E-state index in [1.807, 2.05) is 0 Å². The summed E-state index contributed by atoms with van der Waals surface area (Å²) in [7, 11) is -3.65. The Morgan fingerprint density at radius 1 is 1.26 bits per heavy atom. The SMILES string of the molecule is C=Cc1ccc(S(=O)(=O)N[C@@H]2C3CC[C@@](C)([C@@H]2O)C3(C)C)cc1. The Hall–Kier alpha value is -1.17. The highest BCUT2D eigenvalue weighted by atomic mass is 32.2. The lowest BCUT2D eigenvalue weighted by Crippen LogP contribution is -2.49. The van der Waals surface area contributed by atoms with Gasteiger partial charge in [-0.25, -0.2) is 13.1 Å². The number of sulfonamides is 1. The molecule has 4 nitrogen and oxygen atoms in total. The first-order chi connectivity index (χ1) is 10.6. The van der Waals surface area contributed by atoms with E-state index in [0.29, 0.717) is 0 Å². The number of benzene rings is 1. The van der Waals surface area contributed by atoms with Crippen molar-refractivity contribution in [2.45, 2.75) is 50.7 Å². The van der Waals surface area contributed by atoms with Crippen LogP contribution >= 0.6 is 0 Å². The molecule has 1 aromatic carbocycles. The second-order valence-electron chi connectivity index (χ2n) is 7.65. The number of hydrogen-bond donors (Lipinski definition) is 2. The molecular weight excluding hydrogens is 310 g/mol. The second-order valence-corrected chi connectivity index (χ2v) is 9.36. The van der Waals surface area contributed by atoms with Crippen molar-refractivity contribution in [3.63, 3.8) is 0 Å². The van der Waals surface area contributed by atoms with E-state index in [1.165, 1.54) is 0 Å². The number of aliphatic hydroxyl groups excluding tert-OH is 1. The van der Waals surface area contributed by atoms with Crippen molar-refractivity contribution in [2.24, 2.45) is 16.7 Å². The predicted octanol–water partition coefficient (Wildman–Crippen LogP) is 2.79. The molecule has 0 aromatic heterocycles. The fourth-order valence-corrected chi connectivity index (χ4v) is 5.79. The van der Waals surface area contributed by atoms with Crippen LogP contribution in [0.15, 0.2) is 35.7 Å². The fourth-order valence-electron chi connectivity index (χ4n) is 4.51. The van der Waals surface area contributed by atoms with Gasteiger partial charge in [0.15, 0.2) is 0 Å². The first-order valence-electron chi connectivity index (χ1n) is 8.06. The molecule has 2 N–H and O–H groups in total. The van der Waals surface area contributed by atoms with E-state index in [4.69, 9.17) is 0 Å². The molecule has 0 saturated heterocycles. The van der Waals surface area contributed by atoms with Crippen LogP contribution in [0.5, 0.6) is 0 Å². The van der Waals surface area contributed by atoms with Gasteiger partial charge in [0, 0.05) is 5.41 Å². The summed E-state index contributed by atoms with van der Waals surface area (Å²) in [5.74, 6) is 0.157. The molecule has 2 saturated carbocycles. The number of aliphatic hydroxyl groups is 1. The van der Waals surface area contributed by atoms with Gasteiger partial charge in [-0.3, -0.25) is 0 Å². The number of nitrogens with one attached hydrogen (secondary N) is 1. The molecule has 4 atom stereocenters. The minimum atomic E-state index is -3.65. The van der Waals surface area contributed by atoms with Gasteiger partial charge in [0.05, 0.1) is 17.0 Å². The van der Waals surface area contributed by atoms with Crippen molar-refractivity contribution in [3.05, 3.63) is 36.4 Å². The van der Waals surface area contributed by atoms with Crippen molar-refractivity contribution in [3.8, 4) is 0 Å². The van der Waals surface area contributed by atoms with Crippen LogP contribution in [0.2, 0.25) is 0 Å². The zero-order valence-electron chi connectivity index (χ0n) is 13.9. The van der Waals surface area contributed by atoms with Crippen LogP contribution in [0, 0.1) is 16.7 Å². The van der Waals surface area contributed by atoms with Crippen LogP contribution in [0.4, 0.5) is 0 Å². The third kappa shape index (κ3) is 2.29. The summed E-state index contributed by atoms with van der Waals surface area (Å²) in [5, 5.41) is 10.7. The summed E-state index contributed by atoms with van der Waals surface area (Å²) < 4.78 is 28.1. The van der Waals surface area contributed by atoms with Crippen LogP contribution in [-0.2, 0) is 10.0 Å². The molecule has 3 rings (SSSR count). The van der Waals surface area contributed by atoms with E-state index in [1.54, 1.807) is 30.3 Å². The van der Waals surface area contributed by atoms with Gasteiger partial charge in [-0.15, -0.1) is 0 Å². The Morgan fingerprint density at radius 2 is 1.87 bits per heavy atom. The number of rotatable bonds is 4. The molecule has 2 fully saturated rings. The summed E-state index contributed by atoms with van der Waals surface area (Å²) >= 11 is 0. The highest BCUT2D eigenvalue weighted by Crippen LogP contribution is 2.65. The maximum atomic E-state index is 12.7. The zero-order valence-corrected chi connectivity index (χ0v) is 14.7. The van der Waals surface area contributed by atoms with Crippen LogP contribution in [0.25, 0.3) is 6.08 Å². The van der Waals surface area contributed by atoms with E-state index in [0.717, 1.165) is 18.4 Å². The predicted molar refractivity (Wildman–Crippen MR) is 91.3 cm³/mol. The summed E-state index contributed by atoms with van der Waals surface area (Å²) in [6.07, 6.45) is 2.91. The van der Waals surface area contributed by atoms with E-state index in [2.05, 4.69) is 32.1 Å². The van der Waals surface area contributed by atoms with Crippen molar-refractivity contribution in [2.75, 3.05) is 0 Å². The van der Waals surface area contributed by atoms with Crippen molar-refractivity contribution in [1.29, 1.82) is 0 Å². The Labute approximate surface area is 138 Å². The number of fused-ring (bicyclic) bond motifs is 2. The van der Waals surface area contributed by atoms with Gasteiger partial charge in [0.25, 0.3) is 0 Å². The van der Waals surface area contributed by atoms with Gasteiger partial charge < -0.3 is 5.11 Å². The molecule has 0 spiro atoms. The van der Waals surface area contributed by atoms with Crippen molar-refractivity contribution < 1.29 is 13.5 Å². The fraction of sp³-hybridized carbons (Fsp3) is 0.556. The highest BCUT2D eigenvalue weighted by molar-refractivity contribution is 7.89. The van der Waals surface area contributed by atoms with Crippen LogP contribution < -0.4 is 4.72 Å². The van der Waals surface area contributed by atoms with Gasteiger partial charge in [0.1, 0.15) is 0 Å². The quantitative estimate of drug-likeness (QED) is 0.889. The van der Waals surface area contributed by atoms with Crippen LogP contribution in [0.1, 0.15) is 39.2 Å². The Morgan fingerprint density at radius 3 is 2.35 bits per heavy atom. The van der Waals surface area contributed by atoms with E-state index < -0.39 is 22.2 Å². The molecule has 0 aliphatic heterocycles. The van der Waals surface area contributed by atoms with Crippen LogP contribution in [0.3, 0.4) is 0 Å². The Kier molecular flexibility index (Phi) is 3.74. The zero-order chi connectivity index (χ0) is 17.0. The minimum Gasteiger partial charge on any atom is -0.391 e. The van der Waals surface area contributed by atoms with Gasteiger partial charge in [-0.05, 0) is 41.9 Å². The van der Waals surface area contributed by atoms with E-state index >= 15 is 0 Å². The molecule has 1 aromatic rings. The normalized spacial score (nSPS) is 35.4. The molecule has 0 heterocycles. The van der Waals surface area contributed by atoms with Gasteiger partial charge in [-0.1, -0.05) is 45.6 Å². The maximum Gasteiger partial charge on any atom is 0.240 e. The van der Waals surface area contributed by atoms with Gasteiger partial charge >= 0.3 is 0 Å². The lowest BCUT2D eigenvalue weighted by Gasteiger charge is -2.37. The molecule has 2 aliphatic rings. The summed E-state index contributed by atoms with van der Waals surface area (Å²) in [6.45, 7) is 10.0. The third-order valence-corrected chi connectivity index (χ3v) is 7.99. The average Bonchev–Trinajstić information content (AvgIpc) is 2.81. The maximum absolute atomic E-state index is 12.7. The molecule has 0 radical (unpaired) electrons. The lowest BCUT2D eigenvalue weighted by molar-refractivity contribution is 0.00348. The standard InChI is InChI=1S/C18H25NO3S/c1-5-12-6-8-13(9-7-12)23(21,22)19-15-14-10-11-18(4,16(15)20)17(14,2)3/h5-9,14-16,19-20H,1,10-11H2,2-4H3/t14?,15-,16-,18+/m1/s1. The molecule has 23 heavy (non-hydrogen) atoms. The topological polar surface area (TPSA) is 66.4 Å². The molecule has 0 amide bonds. The molecule has 5 heteroatoms. The Balaban J connectivity index is 1.88. The Bertz CT molecular complexity index is 723. The second kappa shape index (κ2) is 5.16. The number of hydrogen-bond acceptors (Lipinski definition) is 3. The minimum absolute atomic E-state index is 0.0771. The average molecular weight is 335 g/mol. The smallest absolute Gasteiger partial charge is 0.240 e. The molecule has 1 unspecified atom stereocenters. The summed E-state index contributed by atoms with van der Waals surface area (Å²) in [5.41, 5.74) is 0.557. The third-order valence-electron chi connectivity index (χ3n) is 6.52. The monoisotopic (exact) mass is 335 g/mol. The van der Waals surface area contributed by atoms with Gasteiger partial charge in [0.2, 0.25) is 10.0 Å². The first kappa shape index (κ1) is 16.7. The molecular formula is C18H25NO3S. The van der Waals surface area contributed by atoms with E-state index in [-0.39, 0.29) is 21.6 Å². The van der Waals surface area contributed by atoms with Crippen molar-refractivity contribution >= 4 is 16.1 Å². The lowest BCUT2D eigenvalue weighted by atomic mass is 9.70. The highest BCUT2D eigenvalue weighted by Gasteiger charge is 2.66. The summed E-state index contributed by atoms with van der Waals surface area (Å²) in [4.78, 5) is 0.223. The largest absolute Gasteiger partial charge is 0.391 e.